The molecule has 1 aliphatic carbocycles. The van der Waals surface area contributed by atoms with Gasteiger partial charge in [-0.3, -0.25) is 4.68 Å². The minimum atomic E-state index is 0. The highest BCUT2D eigenvalue weighted by molar-refractivity contribution is 14.0. The lowest BCUT2D eigenvalue weighted by Gasteiger charge is -2.24. The summed E-state index contributed by atoms with van der Waals surface area (Å²) in [5, 5.41) is 16.0. The van der Waals surface area contributed by atoms with Crippen LogP contribution in [0.15, 0.2) is 28.0 Å². The van der Waals surface area contributed by atoms with Crippen LogP contribution in [-0.4, -0.2) is 28.3 Å². The average Bonchev–Trinajstić information content (AvgIpc) is 3.21. The highest BCUT2D eigenvalue weighted by Gasteiger charge is 2.22. The van der Waals surface area contributed by atoms with Crippen molar-refractivity contribution >= 4 is 41.3 Å². The summed E-state index contributed by atoms with van der Waals surface area (Å²) in [5.41, 5.74) is 3.90. The molecule has 2 N–H and O–H groups in total. The molecule has 0 spiro atoms. The lowest BCUT2D eigenvalue weighted by atomic mass is 9.94. The van der Waals surface area contributed by atoms with E-state index in [1.165, 1.54) is 16.8 Å². The monoisotopic (exact) mass is 473 g/mol. The Kier molecular flexibility index (Phi) is 7.74. The van der Waals surface area contributed by atoms with Crippen LogP contribution in [0.3, 0.4) is 0 Å². The third-order valence-corrected chi connectivity index (χ3v) is 5.04. The number of thiophene rings is 1. The standard InChI is InChI=1S/C18H27N5S.HI/c1-4-19-18(20-10-14-7-8-24-12-14)21-16-6-5-15-11-23(13(2)3)22-17(15)9-16;/h7-8,11-13,16H,4-6,9-10H2,1-3H3,(H2,19,20,21);1H. The zero-order valence-corrected chi connectivity index (χ0v) is 18.3. The SMILES string of the molecule is CCNC(=NCc1ccsc1)NC1CCc2cn(C(C)C)nc2C1.I. The first-order valence-corrected chi connectivity index (χ1v) is 9.72. The van der Waals surface area contributed by atoms with Crippen molar-refractivity contribution in [3.05, 3.63) is 39.8 Å². The zero-order chi connectivity index (χ0) is 16.9. The van der Waals surface area contributed by atoms with Crippen LogP contribution in [0, 0.1) is 0 Å². The number of hydrogen-bond donors (Lipinski definition) is 2. The van der Waals surface area contributed by atoms with Gasteiger partial charge < -0.3 is 10.6 Å². The van der Waals surface area contributed by atoms with E-state index in [0.717, 1.165) is 38.3 Å². The first kappa shape index (κ1) is 20.2. The van der Waals surface area contributed by atoms with E-state index in [4.69, 9.17) is 10.1 Å². The number of aryl methyl sites for hydroxylation is 1. The van der Waals surface area contributed by atoms with Gasteiger partial charge in [0.05, 0.1) is 12.2 Å². The van der Waals surface area contributed by atoms with Gasteiger partial charge in [-0.1, -0.05) is 0 Å². The van der Waals surface area contributed by atoms with Crippen LogP contribution < -0.4 is 10.6 Å². The number of nitrogens with one attached hydrogen (secondary N) is 2. The molecule has 2 aromatic rings. The van der Waals surface area contributed by atoms with Gasteiger partial charge in [-0.25, -0.2) is 4.99 Å². The molecule has 0 bridgehead atoms. The van der Waals surface area contributed by atoms with E-state index in [2.05, 4.69) is 59.1 Å². The Labute approximate surface area is 171 Å². The molecule has 5 nitrogen and oxygen atoms in total. The molecule has 7 heteroatoms. The molecule has 0 aromatic carbocycles. The Hall–Kier alpha value is -1.09. The molecule has 1 atom stereocenters. The minimum Gasteiger partial charge on any atom is -0.357 e. The van der Waals surface area contributed by atoms with Crippen molar-refractivity contribution in [2.24, 2.45) is 4.99 Å². The van der Waals surface area contributed by atoms with Gasteiger partial charge in [-0.15, -0.1) is 24.0 Å². The second-order valence-corrected chi connectivity index (χ2v) is 7.37. The van der Waals surface area contributed by atoms with Crippen LogP contribution in [0.1, 0.15) is 50.1 Å². The quantitative estimate of drug-likeness (QED) is 0.395. The highest BCUT2D eigenvalue weighted by Crippen LogP contribution is 2.21. The summed E-state index contributed by atoms with van der Waals surface area (Å²) in [6, 6.07) is 2.95. The molecular formula is C18H28IN5S. The van der Waals surface area contributed by atoms with Crippen molar-refractivity contribution in [2.75, 3.05) is 6.54 Å². The Morgan fingerprint density at radius 3 is 3.00 bits per heavy atom. The molecular weight excluding hydrogens is 445 g/mol. The van der Waals surface area contributed by atoms with Gasteiger partial charge in [-0.2, -0.15) is 16.4 Å². The summed E-state index contributed by atoms with van der Waals surface area (Å²) in [7, 11) is 0. The van der Waals surface area contributed by atoms with Crippen LogP contribution in [-0.2, 0) is 19.4 Å². The molecule has 0 saturated carbocycles. The third-order valence-electron chi connectivity index (χ3n) is 4.31. The maximum Gasteiger partial charge on any atom is 0.191 e. The van der Waals surface area contributed by atoms with Crippen LogP contribution >= 0.6 is 35.3 Å². The molecule has 1 aliphatic rings. The summed E-state index contributed by atoms with van der Waals surface area (Å²) in [6.07, 6.45) is 5.40. The summed E-state index contributed by atoms with van der Waals surface area (Å²) < 4.78 is 2.09. The Morgan fingerprint density at radius 1 is 1.48 bits per heavy atom. The van der Waals surface area contributed by atoms with E-state index in [1.807, 2.05) is 0 Å². The second kappa shape index (κ2) is 9.56. The minimum absolute atomic E-state index is 0. The largest absolute Gasteiger partial charge is 0.357 e. The molecule has 0 amide bonds. The fourth-order valence-corrected chi connectivity index (χ4v) is 3.63. The molecule has 0 fully saturated rings. The normalized spacial score (nSPS) is 17.1. The maximum absolute atomic E-state index is 4.76. The van der Waals surface area contributed by atoms with Gasteiger partial charge >= 0.3 is 0 Å². The van der Waals surface area contributed by atoms with Gasteiger partial charge in [0, 0.05) is 31.2 Å². The van der Waals surface area contributed by atoms with Gasteiger partial charge in [0.1, 0.15) is 0 Å². The van der Waals surface area contributed by atoms with Gasteiger partial charge in [0.25, 0.3) is 0 Å². The van der Waals surface area contributed by atoms with Crippen molar-refractivity contribution < 1.29 is 0 Å². The van der Waals surface area contributed by atoms with Gasteiger partial charge in [0.15, 0.2) is 5.96 Å². The highest BCUT2D eigenvalue weighted by atomic mass is 127. The molecule has 25 heavy (non-hydrogen) atoms. The van der Waals surface area contributed by atoms with Crippen LogP contribution in [0.2, 0.25) is 0 Å². The Balaban J connectivity index is 0.00000225. The van der Waals surface area contributed by atoms with E-state index < -0.39 is 0 Å². The van der Waals surface area contributed by atoms with E-state index in [1.54, 1.807) is 11.3 Å². The molecule has 0 radical (unpaired) electrons. The number of fused-ring (bicyclic) bond motifs is 1. The van der Waals surface area contributed by atoms with Crippen molar-refractivity contribution in [2.45, 2.75) is 58.7 Å². The molecule has 2 heterocycles. The second-order valence-electron chi connectivity index (χ2n) is 6.59. The summed E-state index contributed by atoms with van der Waals surface area (Å²) >= 11 is 1.72. The average molecular weight is 473 g/mol. The fraction of sp³-hybridized carbons (Fsp3) is 0.556. The predicted octanol–water partition coefficient (Wildman–Crippen LogP) is 3.76. The predicted molar refractivity (Wildman–Crippen MR) is 116 cm³/mol. The number of guanidine groups is 1. The molecule has 138 valence electrons. The zero-order valence-electron chi connectivity index (χ0n) is 15.2. The van der Waals surface area contributed by atoms with E-state index in [-0.39, 0.29) is 24.0 Å². The van der Waals surface area contributed by atoms with Crippen molar-refractivity contribution in [1.29, 1.82) is 0 Å². The molecule has 3 rings (SSSR count). The molecule has 2 aromatic heterocycles. The fourth-order valence-electron chi connectivity index (χ4n) is 2.97. The first-order valence-electron chi connectivity index (χ1n) is 8.78. The summed E-state index contributed by atoms with van der Waals surface area (Å²) in [4.78, 5) is 4.71. The van der Waals surface area contributed by atoms with E-state index in [9.17, 15) is 0 Å². The maximum atomic E-state index is 4.76. The van der Waals surface area contributed by atoms with Crippen molar-refractivity contribution in [3.8, 4) is 0 Å². The van der Waals surface area contributed by atoms with Crippen LogP contribution in [0.25, 0.3) is 0 Å². The summed E-state index contributed by atoms with van der Waals surface area (Å²) in [5.74, 6) is 0.903. The smallest absolute Gasteiger partial charge is 0.191 e. The van der Waals surface area contributed by atoms with Crippen LogP contribution in [0.5, 0.6) is 0 Å². The number of nitrogens with zero attached hydrogens (tertiary/aromatic N) is 3. The van der Waals surface area contributed by atoms with Crippen molar-refractivity contribution in [1.82, 2.24) is 20.4 Å². The number of hydrogen-bond acceptors (Lipinski definition) is 3. The Morgan fingerprint density at radius 2 is 2.32 bits per heavy atom. The number of aliphatic imine (C=N–C) groups is 1. The number of halogens is 1. The molecule has 0 aliphatic heterocycles. The molecule has 0 saturated heterocycles. The molecule has 1 unspecified atom stereocenters. The van der Waals surface area contributed by atoms with E-state index in [0.29, 0.717) is 12.1 Å². The third kappa shape index (κ3) is 5.44. The number of aromatic nitrogens is 2. The van der Waals surface area contributed by atoms with Gasteiger partial charge in [-0.05, 0) is 61.6 Å². The topological polar surface area (TPSA) is 54.2 Å². The lowest BCUT2D eigenvalue weighted by molar-refractivity contribution is 0.499. The first-order chi connectivity index (χ1) is 11.7. The number of rotatable bonds is 5. The van der Waals surface area contributed by atoms with E-state index >= 15 is 0 Å². The van der Waals surface area contributed by atoms with Gasteiger partial charge in [0.2, 0.25) is 0 Å². The lowest BCUT2D eigenvalue weighted by Crippen LogP contribution is -2.45. The van der Waals surface area contributed by atoms with Crippen LogP contribution in [0.4, 0.5) is 0 Å². The summed E-state index contributed by atoms with van der Waals surface area (Å²) in [6.45, 7) is 8.04. The Bertz CT molecular complexity index is 678. The van der Waals surface area contributed by atoms with Crippen molar-refractivity contribution in [3.63, 3.8) is 0 Å².